The predicted molar refractivity (Wildman–Crippen MR) is 157 cm³/mol. The van der Waals surface area contributed by atoms with E-state index in [4.69, 9.17) is 23.9 Å². The van der Waals surface area contributed by atoms with Crippen molar-refractivity contribution in [3.63, 3.8) is 0 Å². The van der Waals surface area contributed by atoms with Crippen molar-refractivity contribution in [2.45, 2.75) is 39.0 Å². The van der Waals surface area contributed by atoms with Crippen LogP contribution in [0.25, 0.3) is 32.8 Å². The van der Waals surface area contributed by atoms with Crippen LogP contribution in [0.5, 0.6) is 17.2 Å². The van der Waals surface area contributed by atoms with Crippen LogP contribution in [0, 0.1) is 0 Å². The maximum atomic E-state index is 10.7. The van der Waals surface area contributed by atoms with Crippen LogP contribution in [-0.4, -0.2) is 24.3 Å². The van der Waals surface area contributed by atoms with Gasteiger partial charge in [0.25, 0.3) is 0 Å². The molecule has 6 nitrogen and oxygen atoms in total. The lowest BCUT2D eigenvalue weighted by molar-refractivity contribution is 0.414. The second-order valence-electron chi connectivity index (χ2n) is 9.37. The van der Waals surface area contributed by atoms with E-state index >= 15 is 0 Å². The Morgan fingerprint density at radius 1 is 0.897 bits per heavy atom. The highest BCUT2D eigenvalue weighted by Crippen LogP contribution is 2.32. The number of aromatic hydroxyl groups is 1. The summed E-state index contributed by atoms with van der Waals surface area (Å²) in [5, 5.41) is 14.5. The number of phenols is 1. The van der Waals surface area contributed by atoms with Gasteiger partial charge in [0.05, 0.1) is 31.2 Å². The zero-order chi connectivity index (χ0) is 27.2. The van der Waals surface area contributed by atoms with Gasteiger partial charge in [-0.25, -0.2) is 9.98 Å². The molecule has 0 unspecified atom stereocenters. The highest BCUT2D eigenvalue weighted by atomic mass is 32.1. The molecule has 39 heavy (non-hydrogen) atoms. The predicted octanol–water partition coefficient (Wildman–Crippen LogP) is 8.30. The zero-order valence-corrected chi connectivity index (χ0v) is 23.3. The number of nitrogens with zero attached hydrogens (tertiary/aromatic N) is 2. The average molecular weight is 541 g/mol. The Bertz CT molecular complexity index is 1620. The number of unbranched alkanes of at least 4 members (excludes halogenated alkanes) is 3. The maximum absolute atomic E-state index is 10.7. The number of thiazole rings is 1. The number of rotatable bonds is 10. The summed E-state index contributed by atoms with van der Waals surface area (Å²) in [6.45, 7) is 2.20. The van der Waals surface area contributed by atoms with Crippen molar-refractivity contribution in [2.24, 2.45) is 4.99 Å². The summed E-state index contributed by atoms with van der Waals surface area (Å²) in [4.78, 5) is 9.76. The summed E-state index contributed by atoms with van der Waals surface area (Å²) in [6.07, 6.45) is 5.40. The van der Waals surface area contributed by atoms with Gasteiger partial charge in [-0.05, 0) is 79.1 Å². The van der Waals surface area contributed by atoms with E-state index < -0.39 is 0 Å². The zero-order valence-electron chi connectivity index (χ0n) is 22.4. The lowest BCUT2D eigenvalue weighted by Gasteiger charge is -2.08. The first-order chi connectivity index (χ1) is 19.1. The second-order valence-corrected chi connectivity index (χ2v) is 10.2. The topological polar surface area (TPSA) is 77.1 Å². The van der Waals surface area contributed by atoms with E-state index in [9.17, 15) is 5.11 Å². The number of ether oxygens (including phenoxy) is 2. The summed E-state index contributed by atoms with van der Waals surface area (Å²) >= 11 is 1.54. The van der Waals surface area contributed by atoms with Gasteiger partial charge >= 0.3 is 0 Å². The summed E-state index contributed by atoms with van der Waals surface area (Å²) in [6, 6.07) is 21.1. The van der Waals surface area contributed by atoms with Crippen LogP contribution in [-0.2, 0) is 6.42 Å². The highest BCUT2D eigenvalue weighted by Gasteiger charge is 2.14. The van der Waals surface area contributed by atoms with E-state index in [0.717, 1.165) is 69.2 Å². The molecule has 0 aliphatic heterocycles. The Kier molecular flexibility index (Phi) is 8.27. The highest BCUT2D eigenvalue weighted by molar-refractivity contribution is 7.13. The monoisotopic (exact) mass is 540 g/mol. The van der Waals surface area contributed by atoms with Crippen LogP contribution < -0.4 is 15.0 Å². The van der Waals surface area contributed by atoms with Crippen molar-refractivity contribution in [3.05, 3.63) is 83.2 Å². The van der Waals surface area contributed by atoms with Crippen molar-refractivity contribution in [3.8, 4) is 39.1 Å². The molecule has 0 aliphatic rings. The standard InChI is InChI=1S/C32H32N2O4S/c1-4-5-6-7-8-22-17-23-18-27(32-34-28(20-39-32)21-9-13-25(36-2)14-10-21)31(38-30(23)19-29(22)35)33-24-11-15-26(37-3)16-12-24/h9-20,35H,4-8H2,1-3H3. The fraction of sp³-hybridized carbons (Fsp3) is 0.250. The molecule has 0 radical (unpaired) electrons. The molecule has 2 aromatic heterocycles. The van der Waals surface area contributed by atoms with Crippen molar-refractivity contribution in [1.29, 1.82) is 0 Å². The molecule has 5 rings (SSSR count). The third-order valence-electron chi connectivity index (χ3n) is 6.67. The SMILES string of the molecule is CCCCCCc1cc2cc(-c3nc(-c4ccc(OC)cc4)cs3)c(=Nc3ccc(OC)cc3)oc2cc1O. The molecule has 5 aromatic rings. The molecular formula is C32H32N2O4S. The molecule has 0 amide bonds. The van der Waals surface area contributed by atoms with Gasteiger partial charge in [-0.15, -0.1) is 11.3 Å². The molecule has 0 atom stereocenters. The number of fused-ring (bicyclic) bond motifs is 1. The third-order valence-corrected chi connectivity index (χ3v) is 7.55. The van der Waals surface area contributed by atoms with Gasteiger partial charge in [-0.3, -0.25) is 0 Å². The summed E-state index contributed by atoms with van der Waals surface area (Å²) in [5.41, 5.74) is 5.33. The van der Waals surface area contributed by atoms with Crippen LogP contribution in [0.2, 0.25) is 0 Å². The van der Waals surface area contributed by atoms with Crippen LogP contribution in [0.1, 0.15) is 38.2 Å². The van der Waals surface area contributed by atoms with Crippen molar-refractivity contribution >= 4 is 28.0 Å². The van der Waals surface area contributed by atoms with E-state index in [1.54, 1.807) is 31.6 Å². The van der Waals surface area contributed by atoms with Gasteiger partial charge in [0.1, 0.15) is 27.8 Å². The summed E-state index contributed by atoms with van der Waals surface area (Å²) in [7, 11) is 3.29. The number of methoxy groups -OCH3 is 2. The van der Waals surface area contributed by atoms with Gasteiger partial charge in [0.2, 0.25) is 5.55 Å². The Labute approximate surface area is 232 Å². The van der Waals surface area contributed by atoms with Gasteiger partial charge in [-0.2, -0.15) is 0 Å². The lowest BCUT2D eigenvalue weighted by atomic mass is 10.0. The number of hydrogen-bond donors (Lipinski definition) is 1. The first kappa shape index (κ1) is 26.5. The molecule has 3 aromatic carbocycles. The minimum absolute atomic E-state index is 0.252. The van der Waals surface area contributed by atoms with Gasteiger partial charge in [0.15, 0.2) is 0 Å². The van der Waals surface area contributed by atoms with E-state index in [2.05, 4.69) is 13.0 Å². The van der Waals surface area contributed by atoms with E-state index in [1.165, 1.54) is 12.8 Å². The Balaban J connectivity index is 1.60. The van der Waals surface area contributed by atoms with Crippen LogP contribution in [0.15, 0.2) is 81.5 Å². The molecule has 0 saturated carbocycles. The molecule has 200 valence electrons. The number of phenolic OH excluding ortho intramolecular Hbond substituents is 1. The van der Waals surface area contributed by atoms with Crippen LogP contribution in [0.3, 0.4) is 0 Å². The number of aromatic nitrogens is 1. The molecule has 0 bridgehead atoms. The van der Waals surface area contributed by atoms with Crippen molar-refractivity contribution in [2.75, 3.05) is 14.2 Å². The molecular weight excluding hydrogens is 508 g/mol. The number of aryl methyl sites for hydroxylation is 1. The molecule has 0 aliphatic carbocycles. The Morgan fingerprint density at radius 2 is 1.62 bits per heavy atom. The van der Waals surface area contributed by atoms with Gasteiger partial charge < -0.3 is 19.0 Å². The van der Waals surface area contributed by atoms with E-state index in [1.807, 2.05) is 60.0 Å². The quantitative estimate of drug-likeness (QED) is 0.180. The minimum Gasteiger partial charge on any atom is -0.508 e. The molecule has 1 N–H and O–H groups in total. The fourth-order valence-electron chi connectivity index (χ4n) is 4.46. The molecule has 7 heteroatoms. The average Bonchev–Trinajstić information content (AvgIpc) is 3.46. The second kappa shape index (κ2) is 12.2. The Hall–Kier alpha value is -4.10. The molecule has 2 heterocycles. The van der Waals surface area contributed by atoms with Gasteiger partial charge in [0, 0.05) is 22.4 Å². The summed E-state index contributed by atoms with van der Waals surface area (Å²) < 4.78 is 16.9. The van der Waals surface area contributed by atoms with Crippen LogP contribution in [0.4, 0.5) is 5.69 Å². The molecule has 0 spiro atoms. The number of benzene rings is 3. The fourth-order valence-corrected chi connectivity index (χ4v) is 5.29. The minimum atomic E-state index is 0.252. The molecule has 0 fully saturated rings. The van der Waals surface area contributed by atoms with Crippen molar-refractivity contribution in [1.82, 2.24) is 4.98 Å². The van der Waals surface area contributed by atoms with E-state index in [0.29, 0.717) is 11.1 Å². The smallest absolute Gasteiger partial charge is 0.230 e. The van der Waals surface area contributed by atoms with Gasteiger partial charge in [-0.1, -0.05) is 26.2 Å². The maximum Gasteiger partial charge on any atom is 0.230 e. The van der Waals surface area contributed by atoms with E-state index in [-0.39, 0.29) is 5.75 Å². The lowest BCUT2D eigenvalue weighted by Crippen LogP contribution is -2.05. The third kappa shape index (κ3) is 6.15. The Morgan fingerprint density at radius 3 is 2.31 bits per heavy atom. The molecule has 0 saturated heterocycles. The number of hydrogen-bond acceptors (Lipinski definition) is 7. The van der Waals surface area contributed by atoms with Crippen LogP contribution >= 0.6 is 11.3 Å². The summed E-state index contributed by atoms with van der Waals surface area (Å²) in [5.74, 6) is 1.81. The first-order valence-electron chi connectivity index (χ1n) is 13.2. The first-order valence-corrected chi connectivity index (χ1v) is 14.0. The van der Waals surface area contributed by atoms with Crippen molar-refractivity contribution < 1.29 is 19.0 Å². The normalized spacial score (nSPS) is 11.7. The largest absolute Gasteiger partial charge is 0.508 e.